The van der Waals surface area contributed by atoms with E-state index in [1.807, 2.05) is 4.40 Å². The predicted octanol–water partition coefficient (Wildman–Crippen LogP) is 5.14. The molecule has 0 unspecified atom stereocenters. The predicted molar refractivity (Wildman–Crippen MR) is 118 cm³/mol. The molecule has 0 N–H and O–H groups in total. The maximum absolute atomic E-state index is 13.1. The van der Waals surface area contributed by atoms with Crippen LogP contribution in [0.25, 0.3) is 15.9 Å². The largest absolute Gasteiger partial charge is 0.293 e. The Balaban J connectivity index is 1.52. The van der Waals surface area contributed by atoms with Crippen molar-refractivity contribution in [2.45, 2.75) is 44.7 Å². The lowest BCUT2D eigenvalue weighted by atomic mass is 9.89. The smallest absolute Gasteiger partial charge is 0.197 e. The summed E-state index contributed by atoms with van der Waals surface area (Å²) in [6.07, 6.45) is 4.09. The van der Waals surface area contributed by atoms with Crippen molar-refractivity contribution in [3.8, 4) is 0 Å². The van der Waals surface area contributed by atoms with Crippen LogP contribution in [0.1, 0.15) is 46.9 Å². The Hall–Kier alpha value is -2.32. The number of thioether (sulfide) groups is 1. The molecule has 3 aromatic heterocycles. The minimum atomic E-state index is -0.348. The summed E-state index contributed by atoms with van der Waals surface area (Å²) < 4.78 is 15.1. The molecule has 4 aromatic rings. The number of thiophene rings is 1. The molecule has 0 saturated carbocycles. The van der Waals surface area contributed by atoms with Gasteiger partial charge in [0.05, 0.1) is 11.1 Å². The van der Waals surface area contributed by atoms with Crippen LogP contribution in [-0.4, -0.2) is 31.1 Å². The number of nitrogens with zero attached hydrogens (tertiary/aromatic N) is 4. The fourth-order valence-electron chi connectivity index (χ4n) is 4.06. The molecule has 3 heterocycles. The number of Topliss-reactive ketones (excluding diaryl/α,β-unsaturated/α-hetero) is 1. The van der Waals surface area contributed by atoms with Crippen LogP contribution in [0.3, 0.4) is 0 Å². The lowest BCUT2D eigenvalue weighted by Crippen LogP contribution is -2.09. The van der Waals surface area contributed by atoms with E-state index in [0.29, 0.717) is 16.6 Å². The Morgan fingerprint density at radius 1 is 1.30 bits per heavy atom. The molecule has 1 aliphatic carbocycles. The molecule has 1 aromatic carbocycles. The molecule has 0 radical (unpaired) electrons. The van der Waals surface area contributed by atoms with Gasteiger partial charge in [0.1, 0.15) is 16.5 Å². The number of halogens is 1. The highest BCUT2D eigenvalue weighted by Crippen LogP contribution is 2.39. The molecular weight excluding hydrogens is 419 g/mol. The summed E-state index contributed by atoms with van der Waals surface area (Å²) in [5.74, 6) is 1.41. The van der Waals surface area contributed by atoms with Gasteiger partial charge in [-0.25, -0.2) is 9.37 Å². The van der Waals surface area contributed by atoms with Gasteiger partial charge in [0.2, 0.25) is 0 Å². The Bertz CT molecular complexity index is 1260. The lowest BCUT2D eigenvalue weighted by molar-refractivity contribution is 0.102. The van der Waals surface area contributed by atoms with Gasteiger partial charge in [-0.3, -0.25) is 9.20 Å². The monoisotopic (exact) mass is 440 g/mol. The number of carbonyl (C=O) groups is 1. The number of aryl methyl sites for hydroxylation is 2. The summed E-state index contributed by atoms with van der Waals surface area (Å²) in [5.41, 5.74) is 2.72. The molecule has 30 heavy (non-hydrogen) atoms. The average Bonchev–Trinajstić information content (AvgIpc) is 3.32. The molecule has 5 nitrogen and oxygen atoms in total. The van der Waals surface area contributed by atoms with Crippen LogP contribution in [0, 0.1) is 11.7 Å². The summed E-state index contributed by atoms with van der Waals surface area (Å²) in [6.45, 7) is 4.37. The SMILES string of the molecule is CCc1nc2sc3c(c2c2nnc(SCC(=O)c4ccc(F)cc4)n12)CC[C@@H](C)C3. The zero-order valence-electron chi connectivity index (χ0n) is 16.8. The summed E-state index contributed by atoms with van der Waals surface area (Å²) in [6, 6.07) is 5.64. The topological polar surface area (TPSA) is 60.2 Å². The lowest BCUT2D eigenvalue weighted by Gasteiger charge is -2.17. The molecule has 154 valence electrons. The summed E-state index contributed by atoms with van der Waals surface area (Å²) in [7, 11) is 0. The third kappa shape index (κ3) is 3.32. The van der Waals surface area contributed by atoms with Crippen molar-refractivity contribution in [1.82, 2.24) is 19.6 Å². The third-order valence-corrected chi connectivity index (χ3v) is 7.73. The molecule has 5 rings (SSSR count). The molecule has 0 saturated heterocycles. The van der Waals surface area contributed by atoms with Crippen molar-refractivity contribution in [1.29, 1.82) is 0 Å². The van der Waals surface area contributed by atoms with Gasteiger partial charge in [0, 0.05) is 16.9 Å². The van der Waals surface area contributed by atoms with Crippen molar-refractivity contribution in [2.24, 2.45) is 5.92 Å². The quantitative estimate of drug-likeness (QED) is 0.318. The number of ketones is 1. The van der Waals surface area contributed by atoms with Crippen molar-refractivity contribution >= 4 is 44.7 Å². The van der Waals surface area contributed by atoms with Crippen molar-refractivity contribution < 1.29 is 9.18 Å². The van der Waals surface area contributed by atoms with Gasteiger partial charge in [0.25, 0.3) is 0 Å². The van der Waals surface area contributed by atoms with Gasteiger partial charge in [0.15, 0.2) is 16.6 Å². The van der Waals surface area contributed by atoms with Gasteiger partial charge in [-0.05, 0) is 55.0 Å². The zero-order valence-corrected chi connectivity index (χ0v) is 18.4. The van der Waals surface area contributed by atoms with E-state index in [-0.39, 0.29) is 17.4 Å². The van der Waals surface area contributed by atoms with E-state index in [2.05, 4.69) is 24.0 Å². The molecule has 0 spiro atoms. The van der Waals surface area contributed by atoms with E-state index in [9.17, 15) is 9.18 Å². The van der Waals surface area contributed by atoms with Gasteiger partial charge in [-0.15, -0.1) is 21.5 Å². The molecule has 0 fully saturated rings. The minimum absolute atomic E-state index is 0.0641. The van der Waals surface area contributed by atoms with E-state index in [0.717, 1.165) is 41.0 Å². The van der Waals surface area contributed by atoms with E-state index in [4.69, 9.17) is 4.98 Å². The van der Waals surface area contributed by atoms with Crippen molar-refractivity contribution in [3.05, 3.63) is 51.9 Å². The van der Waals surface area contributed by atoms with Crippen LogP contribution < -0.4 is 0 Å². The number of fused-ring (bicyclic) bond motifs is 5. The normalized spacial score (nSPS) is 16.3. The molecule has 0 aliphatic heterocycles. The standard InChI is InChI=1S/C22H21FN4OS2/c1-3-18-24-21-19(15-9-4-12(2)10-17(15)30-21)20-25-26-22(27(18)20)29-11-16(28)13-5-7-14(23)8-6-13/h5-8,12H,3-4,9-11H2,1-2H3/t12-/m1/s1. The highest BCUT2D eigenvalue weighted by Gasteiger charge is 2.25. The summed E-state index contributed by atoms with van der Waals surface area (Å²) in [4.78, 5) is 19.9. The fourth-order valence-corrected chi connectivity index (χ4v) is 6.30. The van der Waals surface area contributed by atoms with Gasteiger partial charge in [-0.1, -0.05) is 25.6 Å². The van der Waals surface area contributed by atoms with E-state index in [1.165, 1.54) is 52.9 Å². The number of aromatic nitrogens is 4. The minimum Gasteiger partial charge on any atom is -0.293 e. The first kappa shape index (κ1) is 19.6. The molecular formula is C22H21FN4OS2. The van der Waals surface area contributed by atoms with Gasteiger partial charge < -0.3 is 0 Å². The molecule has 1 aliphatic rings. The highest BCUT2D eigenvalue weighted by atomic mass is 32.2. The second kappa shape index (κ2) is 7.74. The molecule has 0 amide bonds. The first-order valence-electron chi connectivity index (χ1n) is 10.1. The maximum Gasteiger partial charge on any atom is 0.197 e. The number of hydrogen-bond acceptors (Lipinski definition) is 6. The van der Waals surface area contributed by atoms with Crippen molar-refractivity contribution in [3.63, 3.8) is 0 Å². The Kier molecular flexibility index (Phi) is 5.06. The van der Waals surface area contributed by atoms with Crippen LogP contribution >= 0.6 is 23.1 Å². The second-order valence-electron chi connectivity index (χ2n) is 7.77. The highest BCUT2D eigenvalue weighted by molar-refractivity contribution is 7.99. The molecule has 8 heteroatoms. The Morgan fingerprint density at radius 3 is 2.87 bits per heavy atom. The van der Waals surface area contributed by atoms with Crippen LogP contribution in [0.2, 0.25) is 0 Å². The molecule has 0 bridgehead atoms. The Morgan fingerprint density at radius 2 is 2.10 bits per heavy atom. The first-order valence-corrected chi connectivity index (χ1v) is 11.9. The van der Waals surface area contributed by atoms with Crippen LogP contribution in [0.5, 0.6) is 0 Å². The summed E-state index contributed by atoms with van der Waals surface area (Å²) >= 11 is 3.14. The number of hydrogen-bond donors (Lipinski definition) is 0. The van der Waals surface area contributed by atoms with Crippen LogP contribution in [0.4, 0.5) is 4.39 Å². The van der Waals surface area contributed by atoms with E-state index < -0.39 is 0 Å². The fraction of sp³-hybridized carbons (Fsp3) is 0.364. The van der Waals surface area contributed by atoms with E-state index >= 15 is 0 Å². The van der Waals surface area contributed by atoms with Crippen molar-refractivity contribution in [2.75, 3.05) is 5.75 Å². The average molecular weight is 441 g/mol. The van der Waals surface area contributed by atoms with Crippen LogP contribution in [0.15, 0.2) is 29.4 Å². The zero-order chi connectivity index (χ0) is 20.8. The number of carbonyl (C=O) groups excluding carboxylic acids is 1. The number of benzene rings is 1. The van der Waals surface area contributed by atoms with Crippen LogP contribution in [-0.2, 0) is 19.3 Å². The maximum atomic E-state index is 13.1. The number of rotatable bonds is 5. The molecule has 1 atom stereocenters. The third-order valence-electron chi connectivity index (χ3n) is 5.65. The van der Waals surface area contributed by atoms with Gasteiger partial charge in [-0.2, -0.15) is 0 Å². The summed E-state index contributed by atoms with van der Waals surface area (Å²) in [5, 5.41) is 10.7. The van der Waals surface area contributed by atoms with Gasteiger partial charge >= 0.3 is 0 Å². The van der Waals surface area contributed by atoms with E-state index in [1.54, 1.807) is 11.3 Å². The first-order chi connectivity index (χ1) is 14.5. The second-order valence-corrected chi connectivity index (χ2v) is 9.80. The Labute approximate surface area is 181 Å².